The SMILES string of the molecule is CCOC(OCC)C(=O)c1ccccc1OC. The normalized spacial score (nSPS) is 10.6. The summed E-state index contributed by atoms with van der Waals surface area (Å²) in [7, 11) is 1.53. The summed E-state index contributed by atoms with van der Waals surface area (Å²) in [5.41, 5.74) is 0.474. The van der Waals surface area contributed by atoms with Gasteiger partial charge in [-0.2, -0.15) is 0 Å². The fourth-order valence-electron chi connectivity index (χ4n) is 1.48. The summed E-state index contributed by atoms with van der Waals surface area (Å²) >= 11 is 0. The highest BCUT2D eigenvalue weighted by Crippen LogP contribution is 2.20. The van der Waals surface area contributed by atoms with Crippen LogP contribution < -0.4 is 4.74 Å². The molecule has 0 bridgehead atoms. The van der Waals surface area contributed by atoms with Crippen LogP contribution in [0.3, 0.4) is 0 Å². The van der Waals surface area contributed by atoms with E-state index in [1.54, 1.807) is 18.2 Å². The van der Waals surface area contributed by atoms with Gasteiger partial charge in [-0.25, -0.2) is 0 Å². The summed E-state index contributed by atoms with van der Waals surface area (Å²) in [6.07, 6.45) is -0.860. The van der Waals surface area contributed by atoms with Gasteiger partial charge >= 0.3 is 0 Å². The van der Waals surface area contributed by atoms with Crippen molar-refractivity contribution in [2.45, 2.75) is 20.1 Å². The minimum atomic E-state index is -0.860. The van der Waals surface area contributed by atoms with Crippen LogP contribution in [0.4, 0.5) is 0 Å². The fraction of sp³-hybridized carbons (Fsp3) is 0.462. The van der Waals surface area contributed by atoms with Crippen LogP contribution in [0.2, 0.25) is 0 Å². The Kier molecular flexibility index (Phi) is 5.66. The van der Waals surface area contributed by atoms with Crippen LogP contribution in [-0.2, 0) is 9.47 Å². The molecule has 94 valence electrons. The number of carbonyl (C=O) groups is 1. The van der Waals surface area contributed by atoms with Crippen LogP contribution in [0.25, 0.3) is 0 Å². The van der Waals surface area contributed by atoms with Crippen molar-refractivity contribution >= 4 is 5.78 Å². The summed E-state index contributed by atoms with van der Waals surface area (Å²) in [4.78, 5) is 12.2. The van der Waals surface area contributed by atoms with Gasteiger partial charge < -0.3 is 14.2 Å². The van der Waals surface area contributed by atoms with Crippen LogP contribution in [0, 0.1) is 0 Å². The maximum atomic E-state index is 12.2. The van der Waals surface area contributed by atoms with Crippen LogP contribution in [0.5, 0.6) is 5.75 Å². The minimum Gasteiger partial charge on any atom is -0.496 e. The Labute approximate surface area is 101 Å². The zero-order valence-corrected chi connectivity index (χ0v) is 10.4. The van der Waals surface area contributed by atoms with E-state index < -0.39 is 6.29 Å². The third kappa shape index (κ3) is 3.54. The smallest absolute Gasteiger partial charge is 0.222 e. The van der Waals surface area contributed by atoms with Crippen molar-refractivity contribution in [3.63, 3.8) is 0 Å². The number of para-hydroxylation sites is 1. The van der Waals surface area contributed by atoms with Gasteiger partial charge in [0.2, 0.25) is 12.1 Å². The summed E-state index contributed by atoms with van der Waals surface area (Å²) in [5.74, 6) is 0.313. The largest absolute Gasteiger partial charge is 0.496 e. The maximum absolute atomic E-state index is 12.2. The van der Waals surface area contributed by atoms with E-state index in [1.807, 2.05) is 19.9 Å². The van der Waals surface area contributed by atoms with Gasteiger partial charge in [0, 0.05) is 13.2 Å². The summed E-state index contributed by atoms with van der Waals surface area (Å²) in [5, 5.41) is 0. The molecule has 1 aromatic rings. The van der Waals surface area contributed by atoms with Crippen LogP contribution >= 0.6 is 0 Å². The fourth-order valence-corrected chi connectivity index (χ4v) is 1.48. The maximum Gasteiger partial charge on any atom is 0.222 e. The molecule has 0 amide bonds. The number of Topliss-reactive ketones (excluding diaryl/α,β-unsaturated/α-hetero) is 1. The van der Waals surface area contributed by atoms with Crippen molar-refractivity contribution in [1.82, 2.24) is 0 Å². The molecular formula is C13H18O4. The second kappa shape index (κ2) is 7.04. The van der Waals surface area contributed by atoms with Crippen molar-refractivity contribution in [2.75, 3.05) is 20.3 Å². The molecule has 0 fully saturated rings. The molecule has 0 saturated heterocycles. The lowest BCUT2D eigenvalue weighted by atomic mass is 10.1. The number of benzene rings is 1. The number of hydrogen-bond acceptors (Lipinski definition) is 4. The molecule has 0 radical (unpaired) electrons. The molecule has 0 N–H and O–H groups in total. The predicted molar refractivity (Wildman–Crippen MR) is 64.4 cm³/mol. The topological polar surface area (TPSA) is 44.8 Å². The standard InChI is InChI=1S/C13H18O4/c1-4-16-13(17-5-2)12(14)10-8-6-7-9-11(10)15-3/h6-9,13H,4-5H2,1-3H3. The molecule has 0 atom stereocenters. The third-order valence-electron chi connectivity index (χ3n) is 2.22. The molecule has 0 aromatic heterocycles. The van der Waals surface area contributed by atoms with Crippen molar-refractivity contribution < 1.29 is 19.0 Å². The number of rotatable bonds is 7. The second-order valence-corrected chi connectivity index (χ2v) is 3.31. The molecular weight excluding hydrogens is 220 g/mol. The van der Waals surface area contributed by atoms with E-state index in [0.29, 0.717) is 24.5 Å². The van der Waals surface area contributed by atoms with Gasteiger partial charge in [0.25, 0.3) is 0 Å². The average Bonchev–Trinajstić information content (AvgIpc) is 2.37. The molecule has 0 aliphatic carbocycles. The monoisotopic (exact) mass is 238 g/mol. The van der Waals surface area contributed by atoms with E-state index in [4.69, 9.17) is 14.2 Å². The van der Waals surface area contributed by atoms with Gasteiger partial charge in [-0.05, 0) is 26.0 Å². The average molecular weight is 238 g/mol. The lowest BCUT2D eigenvalue weighted by Crippen LogP contribution is -2.28. The van der Waals surface area contributed by atoms with Crippen molar-refractivity contribution in [1.29, 1.82) is 0 Å². The Hall–Kier alpha value is -1.39. The first-order chi connectivity index (χ1) is 8.24. The lowest BCUT2D eigenvalue weighted by Gasteiger charge is -2.16. The molecule has 4 heteroatoms. The molecule has 0 unspecified atom stereocenters. The van der Waals surface area contributed by atoms with E-state index in [1.165, 1.54) is 7.11 Å². The quantitative estimate of drug-likeness (QED) is 0.540. The predicted octanol–water partition coefficient (Wildman–Crippen LogP) is 2.28. The summed E-state index contributed by atoms with van der Waals surface area (Å²) in [6, 6.07) is 7.03. The molecule has 1 aromatic carbocycles. The van der Waals surface area contributed by atoms with Crippen LogP contribution in [0.1, 0.15) is 24.2 Å². The van der Waals surface area contributed by atoms with Gasteiger partial charge in [0.15, 0.2) is 0 Å². The minimum absolute atomic E-state index is 0.217. The Morgan fingerprint density at radius 1 is 1.18 bits per heavy atom. The van der Waals surface area contributed by atoms with Crippen LogP contribution in [-0.4, -0.2) is 32.4 Å². The third-order valence-corrected chi connectivity index (χ3v) is 2.22. The first-order valence-electron chi connectivity index (χ1n) is 5.65. The number of ether oxygens (including phenoxy) is 3. The number of methoxy groups -OCH3 is 1. The van der Waals surface area contributed by atoms with E-state index in [9.17, 15) is 4.79 Å². The molecule has 17 heavy (non-hydrogen) atoms. The zero-order valence-electron chi connectivity index (χ0n) is 10.4. The Balaban J connectivity index is 2.92. The van der Waals surface area contributed by atoms with Gasteiger partial charge in [-0.3, -0.25) is 4.79 Å². The van der Waals surface area contributed by atoms with Gasteiger partial charge in [0.05, 0.1) is 12.7 Å². The van der Waals surface area contributed by atoms with E-state index in [0.717, 1.165) is 0 Å². The first kappa shape index (κ1) is 13.7. The van der Waals surface area contributed by atoms with E-state index in [-0.39, 0.29) is 5.78 Å². The lowest BCUT2D eigenvalue weighted by molar-refractivity contribution is -0.107. The number of ketones is 1. The summed E-state index contributed by atoms with van der Waals surface area (Å²) < 4.78 is 15.7. The second-order valence-electron chi connectivity index (χ2n) is 3.31. The van der Waals surface area contributed by atoms with Crippen molar-refractivity contribution in [3.8, 4) is 5.75 Å². The van der Waals surface area contributed by atoms with Crippen molar-refractivity contribution in [3.05, 3.63) is 29.8 Å². The molecule has 1 rings (SSSR count). The highest BCUT2D eigenvalue weighted by Gasteiger charge is 2.23. The first-order valence-corrected chi connectivity index (χ1v) is 5.65. The molecule has 0 aliphatic rings. The molecule has 4 nitrogen and oxygen atoms in total. The number of hydrogen-bond donors (Lipinski definition) is 0. The molecule has 0 aliphatic heterocycles. The van der Waals surface area contributed by atoms with E-state index in [2.05, 4.69) is 0 Å². The highest BCUT2D eigenvalue weighted by molar-refractivity contribution is 6.01. The Bertz CT molecular complexity index is 356. The Morgan fingerprint density at radius 3 is 2.29 bits per heavy atom. The molecule has 0 saturated carbocycles. The zero-order chi connectivity index (χ0) is 12.7. The summed E-state index contributed by atoms with van der Waals surface area (Å²) in [6.45, 7) is 4.49. The molecule has 0 heterocycles. The van der Waals surface area contributed by atoms with E-state index >= 15 is 0 Å². The van der Waals surface area contributed by atoms with Crippen LogP contribution in [0.15, 0.2) is 24.3 Å². The van der Waals surface area contributed by atoms with Gasteiger partial charge in [-0.15, -0.1) is 0 Å². The number of carbonyl (C=O) groups excluding carboxylic acids is 1. The van der Waals surface area contributed by atoms with Gasteiger partial charge in [0.1, 0.15) is 5.75 Å². The highest BCUT2D eigenvalue weighted by atomic mass is 16.7. The molecule has 0 spiro atoms. The van der Waals surface area contributed by atoms with Gasteiger partial charge in [-0.1, -0.05) is 12.1 Å². The van der Waals surface area contributed by atoms with Crippen molar-refractivity contribution in [2.24, 2.45) is 0 Å². The Morgan fingerprint density at radius 2 is 1.76 bits per heavy atom.